The Hall–Kier alpha value is -1.59. The quantitative estimate of drug-likeness (QED) is 0.912. The van der Waals surface area contributed by atoms with Crippen LogP contribution in [0.5, 0.6) is 11.5 Å². The Bertz CT molecular complexity index is 542. The molecule has 0 amide bonds. The lowest BCUT2D eigenvalue weighted by Crippen LogP contribution is -2.19. The van der Waals surface area contributed by atoms with E-state index < -0.39 is 0 Å². The topological polar surface area (TPSA) is 43.4 Å². The predicted molar refractivity (Wildman–Crippen MR) is 74.8 cm³/mol. The van der Waals surface area contributed by atoms with Gasteiger partial charge in [-0.05, 0) is 6.07 Å². The highest BCUT2D eigenvalue weighted by Crippen LogP contribution is 2.35. The zero-order valence-electron chi connectivity index (χ0n) is 10.8. The Morgan fingerprint density at radius 3 is 3.21 bits per heavy atom. The Labute approximate surface area is 116 Å². The standard InChI is InChI=1S/C14H16N2O2S/c1-10(14-16-5-6-19-14)7-15-8-11-3-2-4-12-13(11)18-9-17-12/h2-6,10,15H,7-9H2,1H3. The first-order valence-corrected chi connectivity index (χ1v) is 7.20. The molecule has 100 valence electrons. The second-order valence-corrected chi connectivity index (χ2v) is 5.48. The molecule has 0 aliphatic carbocycles. The molecule has 1 unspecified atom stereocenters. The first-order valence-electron chi connectivity index (χ1n) is 6.32. The molecule has 4 nitrogen and oxygen atoms in total. The number of benzene rings is 1. The van der Waals surface area contributed by atoms with Crippen LogP contribution in [0.3, 0.4) is 0 Å². The van der Waals surface area contributed by atoms with Crippen LogP contribution in [-0.2, 0) is 6.54 Å². The van der Waals surface area contributed by atoms with Gasteiger partial charge in [-0.3, -0.25) is 0 Å². The lowest BCUT2D eigenvalue weighted by atomic mass is 10.1. The zero-order valence-corrected chi connectivity index (χ0v) is 11.6. The smallest absolute Gasteiger partial charge is 0.231 e. The van der Waals surface area contributed by atoms with Crippen LogP contribution in [0.4, 0.5) is 0 Å². The van der Waals surface area contributed by atoms with Crippen molar-refractivity contribution in [3.05, 3.63) is 40.3 Å². The van der Waals surface area contributed by atoms with Gasteiger partial charge in [-0.2, -0.15) is 0 Å². The van der Waals surface area contributed by atoms with Gasteiger partial charge in [-0.1, -0.05) is 19.1 Å². The van der Waals surface area contributed by atoms with E-state index in [1.807, 2.05) is 23.7 Å². The lowest BCUT2D eigenvalue weighted by molar-refractivity contribution is 0.173. The summed E-state index contributed by atoms with van der Waals surface area (Å²) in [6, 6.07) is 5.99. The van der Waals surface area contributed by atoms with E-state index in [-0.39, 0.29) is 0 Å². The highest BCUT2D eigenvalue weighted by molar-refractivity contribution is 7.09. The van der Waals surface area contributed by atoms with E-state index in [9.17, 15) is 0 Å². The average Bonchev–Trinajstić information content (AvgIpc) is 3.10. The molecule has 0 saturated carbocycles. The molecule has 2 heterocycles. The van der Waals surface area contributed by atoms with Gasteiger partial charge < -0.3 is 14.8 Å². The molecule has 0 fully saturated rings. The third-order valence-corrected chi connectivity index (χ3v) is 4.12. The van der Waals surface area contributed by atoms with E-state index >= 15 is 0 Å². The number of para-hydroxylation sites is 1. The first-order chi connectivity index (χ1) is 9.34. The molecule has 0 bridgehead atoms. The van der Waals surface area contributed by atoms with Crippen LogP contribution in [-0.4, -0.2) is 18.3 Å². The van der Waals surface area contributed by atoms with Gasteiger partial charge in [0, 0.05) is 36.1 Å². The van der Waals surface area contributed by atoms with Crippen molar-refractivity contribution in [1.29, 1.82) is 0 Å². The summed E-state index contributed by atoms with van der Waals surface area (Å²) in [7, 11) is 0. The van der Waals surface area contributed by atoms with Crippen molar-refractivity contribution in [3.8, 4) is 11.5 Å². The van der Waals surface area contributed by atoms with Crippen LogP contribution < -0.4 is 14.8 Å². The molecule has 1 N–H and O–H groups in total. The Balaban J connectivity index is 1.57. The van der Waals surface area contributed by atoms with Gasteiger partial charge in [0.1, 0.15) is 0 Å². The minimum absolute atomic E-state index is 0.321. The summed E-state index contributed by atoms with van der Waals surface area (Å²) in [6.07, 6.45) is 1.85. The first kappa shape index (κ1) is 12.4. The number of rotatable bonds is 5. The third kappa shape index (κ3) is 2.72. The molecule has 1 aromatic carbocycles. The molecule has 2 aromatic rings. The average molecular weight is 276 g/mol. The number of hydrogen-bond donors (Lipinski definition) is 1. The molecule has 1 aliphatic rings. The molecule has 19 heavy (non-hydrogen) atoms. The maximum absolute atomic E-state index is 5.49. The summed E-state index contributed by atoms with van der Waals surface area (Å²) < 4.78 is 10.9. The molecule has 5 heteroatoms. The maximum atomic E-state index is 5.49. The zero-order chi connectivity index (χ0) is 13.1. The van der Waals surface area contributed by atoms with E-state index in [0.717, 1.165) is 30.2 Å². The monoisotopic (exact) mass is 276 g/mol. The van der Waals surface area contributed by atoms with E-state index in [2.05, 4.69) is 23.3 Å². The van der Waals surface area contributed by atoms with E-state index in [0.29, 0.717) is 12.7 Å². The van der Waals surface area contributed by atoms with Crippen LogP contribution in [0.1, 0.15) is 23.4 Å². The Morgan fingerprint density at radius 2 is 2.37 bits per heavy atom. The minimum atomic E-state index is 0.321. The normalized spacial score (nSPS) is 14.6. The maximum Gasteiger partial charge on any atom is 0.231 e. The summed E-state index contributed by atoms with van der Waals surface area (Å²) >= 11 is 1.70. The summed E-state index contributed by atoms with van der Waals surface area (Å²) in [6.45, 7) is 4.18. The second kappa shape index (κ2) is 5.59. The molecule has 1 aliphatic heterocycles. The van der Waals surface area contributed by atoms with Gasteiger partial charge in [-0.15, -0.1) is 11.3 Å². The van der Waals surface area contributed by atoms with Gasteiger partial charge in [0.2, 0.25) is 6.79 Å². The largest absolute Gasteiger partial charge is 0.454 e. The van der Waals surface area contributed by atoms with Gasteiger partial charge in [0.25, 0.3) is 0 Å². The number of ether oxygens (including phenoxy) is 2. The Kier molecular flexibility index (Phi) is 3.66. The Morgan fingerprint density at radius 1 is 1.42 bits per heavy atom. The van der Waals surface area contributed by atoms with Crippen LogP contribution in [0.25, 0.3) is 0 Å². The van der Waals surface area contributed by atoms with E-state index in [4.69, 9.17) is 9.47 Å². The van der Waals surface area contributed by atoms with Crippen molar-refractivity contribution >= 4 is 11.3 Å². The van der Waals surface area contributed by atoms with E-state index in [1.165, 1.54) is 5.01 Å². The summed E-state index contributed by atoms with van der Waals surface area (Å²) in [5.74, 6) is 2.14. The van der Waals surface area contributed by atoms with Crippen molar-refractivity contribution in [3.63, 3.8) is 0 Å². The van der Waals surface area contributed by atoms with Gasteiger partial charge >= 0.3 is 0 Å². The highest BCUT2D eigenvalue weighted by Gasteiger charge is 2.17. The summed E-state index contributed by atoms with van der Waals surface area (Å²) in [5.41, 5.74) is 1.14. The van der Waals surface area contributed by atoms with Gasteiger partial charge in [-0.25, -0.2) is 4.98 Å². The van der Waals surface area contributed by atoms with E-state index in [1.54, 1.807) is 11.3 Å². The van der Waals surface area contributed by atoms with Gasteiger partial charge in [0.15, 0.2) is 11.5 Å². The number of nitrogens with one attached hydrogen (secondary N) is 1. The summed E-state index contributed by atoms with van der Waals surface area (Å²) in [4.78, 5) is 4.33. The predicted octanol–water partition coefficient (Wildman–Crippen LogP) is 2.77. The van der Waals surface area contributed by atoms with Gasteiger partial charge in [0.05, 0.1) is 5.01 Å². The number of fused-ring (bicyclic) bond motifs is 1. The molecular formula is C14H16N2O2S. The fourth-order valence-electron chi connectivity index (χ4n) is 2.12. The third-order valence-electron chi connectivity index (χ3n) is 3.12. The molecule has 0 saturated heterocycles. The van der Waals surface area contributed by atoms with Crippen LogP contribution >= 0.6 is 11.3 Å². The van der Waals surface area contributed by atoms with Crippen molar-refractivity contribution in [2.75, 3.05) is 13.3 Å². The van der Waals surface area contributed by atoms with Crippen molar-refractivity contribution in [2.24, 2.45) is 0 Å². The molecule has 0 radical (unpaired) electrons. The SMILES string of the molecule is CC(CNCc1cccc2c1OCO2)c1nccs1. The van der Waals surface area contributed by atoms with Crippen LogP contribution in [0.2, 0.25) is 0 Å². The number of nitrogens with zero attached hydrogens (tertiary/aromatic N) is 1. The number of hydrogen-bond acceptors (Lipinski definition) is 5. The lowest BCUT2D eigenvalue weighted by Gasteiger charge is -2.11. The van der Waals surface area contributed by atoms with Crippen LogP contribution in [0.15, 0.2) is 29.8 Å². The number of thiazole rings is 1. The van der Waals surface area contributed by atoms with Crippen molar-refractivity contribution < 1.29 is 9.47 Å². The number of aromatic nitrogens is 1. The molecule has 0 spiro atoms. The fourth-order valence-corrected chi connectivity index (χ4v) is 2.82. The molecule has 1 aromatic heterocycles. The molecular weight excluding hydrogens is 260 g/mol. The van der Waals surface area contributed by atoms with Crippen molar-refractivity contribution in [1.82, 2.24) is 10.3 Å². The summed E-state index contributed by atoms with van der Waals surface area (Å²) in [5, 5.41) is 6.64. The van der Waals surface area contributed by atoms with Crippen molar-refractivity contribution in [2.45, 2.75) is 19.4 Å². The highest BCUT2D eigenvalue weighted by atomic mass is 32.1. The fraction of sp³-hybridized carbons (Fsp3) is 0.357. The van der Waals surface area contributed by atoms with Crippen LogP contribution in [0, 0.1) is 0 Å². The second-order valence-electron chi connectivity index (χ2n) is 4.55. The minimum Gasteiger partial charge on any atom is -0.454 e. The molecule has 3 rings (SSSR count). The molecule has 1 atom stereocenters.